The monoisotopic (exact) mass is 619 g/mol. The van der Waals surface area contributed by atoms with Crippen LogP contribution in [0.3, 0.4) is 0 Å². The molecule has 0 saturated carbocycles. The lowest BCUT2D eigenvalue weighted by Gasteiger charge is -2.37. The van der Waals surface area contributed by atoms with Crippen molar-refractivity contribution in [2.75, 3.05) is 36.8 Å². The van der Waals surface area contributed by atoms with Crippen LogP contribution in [0.15, 0.2) is 94.6 Å². The summed E-state index contributed by atoms with van der Waals surface area (Å²) in [5.41, 5.74) is 10.3. The number of aromatic nitrogens is 4. The van der Waals surface area contributed by atoms with Crippen LogP contribution in [-0.2, 0) is 6.54 Å². The molecule has 0 amide bonds. The fourth-order valence-electron chi connectivity index (χ4n) is 5.77. The van der Waals surface area contributed by atoms with Crippen molar-refractivity contribution in [1.82, 2.24) is 24.4 Å². The lowest BCUT2D eigenvalue weighted by atomic mass is 10.1. The fraction of sp³-hybridized carbons (Fsp3) is 0.182. The van der Waals surface area contributed by atoms with Gasteiger partial charge < -0.3 is 30.7 Å². The van der Waals surface area contributed by atoms with Gasteiger partial charge in [0.05, 0.1) is 11.3 Å². The van der Waals surface area contributed by atoms with Gasteiger partial charge >= 0.3 is 6.16 Å². The van der Waals surface area contributed by atoms with Crippen molar-refractivity contribution >= 4 is 22.7 Å². The van der Waals surface area contributed by atoms with Crippen LogP contribution in [0.1, 0.15) is 5.56 Å². The number of hydrogen-bond acceptors (Lipinski definition) is 12. The number of nitrogen functional groups attached to an aromatic ring is 1. The highest BCUT2D eigenvalue weighted by atomic mass is 16.9. The van der Waals surface area contributed by atoms with E-state index in [2.05, 4.69) is 14.6 Å². The minimum absolute atomic E-state index is 0.0582. The van der Waals surface area contributed by atoms with Gasteiger partial charge in [0, 0.05) is 50.2 Å². The number of imidazole rings is 1. The normalized spacial score (nSPS) is 14.3. The number of nitrogens with two attached hydrogens (primary N) is 1. The van der Waals surface area contributed by atoms with Crippen molar-refractivity contribution < 1.29 is 20.1 Å². The first-order valence-corrected chi connectivity index (χ1v) is 14.6. The predicted octanol–water partition coefficient (Wildman–Crippen LogP) is 1.62. The number of nitrogens with zero attached hydrogens (tertiary/aromatic N) is 6. The number of aliphatic hydroxyl groups is 3. The number of rotatable bonds is 8. The average Bonchev–Trinajstić information content (AvgIpc) is 3.44. The lowest BCUT2D eigenvalue weighted by Crippen LogP contribution is -2.52. The molecule has 4 heterocycles. The lowest BCUT2D eigenvalue weighted by molar-refractivity contribution is -0.419. The molecular formula is C33H29N7O6. The molecule has 3 aromatic carbocycles. The van der Waals surface area contributed by atoms with Crippen molar-refractivity contribution in [3.8, 4) is 34.1 Å². The number of piperazine rings is 1. The molecule has 232 valence electrons. The van der Waals surface area contributed by atoms with Crippen molar-refractivity contribution in [2.45, 2.75) is 12.7 Å². The van der Waals surface area contributed by atoms with Gasteiger partial charge in [-0.25, -0.2) is 15.0 Å². The van der Waals surface area contributed by atoms with E-state index in [1.807, 2.05) is 83.4 Å². The van der Waals surface area contributed by atoms with Crippen LogP contribution in [-0.4, -0.2) is 72.1 Å². The van der Waals surface area contributed by atoms with Gasteiger partial charge in [-0.1, -0.05) is 42.5 Å². The topological polar surface area (TPSA) is 180 Å². The highest BCUT2D eigenvalue weighted by Gasteiger charge is 2.35. The van der Waals surface area contributed by atoms with Gasteiger partial charge in [0.15, 0.2) is 11.5 Å². The summed E-state index contributed by atoms with van der Waals surface area (Å²) in [4.78, 5) is 42.1. The van der Waals surface area contributed by atoms with Crippen LogP contribution in [0.2, 0.25) is 0 Å². The Balaban J connectivity index is 1.14. The number of benzene rings is 2. The molecule has 13 nitrogen and oxygen atoms in total. The molecule has 6 aromatic rings. The largest absolute Gasteiger partial charge is 0.453 e. The van der Waals surface area contributed by atoms with E-state index in [4.69, 9.17) is 31.0 Å². The zero-order chi connectivity index (χ0) is 32.0. The van der Waals surface area contributed by atoms with Crippen LogP contribution < -0.4 is 26.2 Å². The third kappa shape index (κ3) is 5.48. The molecule has 1 aliphatic rings. The third-order valence-electron chi connectivity index (χ3n) is 8.02. The Kier molecular flexibility index (Phi) is 7.29. The first-order valence-electron chi connectivity index (χ1n) is 14.6. The standard InChI is InChI=1S/C33H29N7O6/c34-30-23(7-4-14-35-30)31-37-25-13-12-24(21-5-2-1-3-6-21)36-32(25)40(31)22-10-8-20(9-11-22)19-38-15-17-39(18-16-38)26-27(41)28(42)29(26)46-33(43,44)45/h1-14,43-45H,15-19H2,(H2,34,35). The summed E-state index contributed by atoms with van der Waals surface area (Å²) in [5.74, 6) is 0.444. The van der Waals surface area contributed by atoms with Gasteiger partial charge in [0.1, 0.15) is 17.0 Å². The summed E-state index contributed by atoms with van der Waals surface area (Å²) in [5, 5.41) is 27.3. The van der Waals surface area contributed by atoms with Gasteiger partial charge in [0.2, 0.25) is 5.75 Å². The number of anilines is 2. The van der Waals surface area contributed by atoms with Crippen LogP contribution in [0.4, 0.5) is 11.5 Å². The molecule has 0 radical (unpaired) electrons. The Morgan fingerprint density at radius 1 is 0.826 bits per heavy atom. The molecule has 3 aromatic heterocycles. The Hall–Kier alpha value is -5.47. The molecule has 1 saturated heterocycles. The highest BCUT2D eigenvalue weighted by molar-refractivity contribution is 5.84. The minimum atomic E-state index is -3.54. The molecule has 1 fully saturated rings. The van der Waals surface area contributed by atoms with Crippen LogP contribution >= 0.6 is 0 Å². The van der Waals surface area contributed by atoms with E-state index >= 15 is 0 Å². The summed E-state index contributed by atoms with van der Waals surface area (Å²) in [6.45, 7) is 2.60. The fourth-order valence-corrected chi connectivity index (χ4v) is 5.77. The van der Waals surface area contributed by atoms with Crippen molar-refractivity contribution in [2.24, 2.45) is 0 Å². The summed E-state index contributed by atoms with van der Waals surface area (Å²) >= 11 is 0. The van der Waals surface area contributed by atoms with E-state index in [-0.39, 0.29) is 5.69 Å². The van der Waals surface area contributed by atoms with E-state index in [1.165, 1.54) is 0 Å². The maximum atomic E-state index is 12.2. The molecule has 0 unspecified atom stereocenters. The predicted molar refractivity (Wildman–Crippen MR) is 171 cm³/mol. The molecule has 1 aliphatic heterocycles. The van der Waals surface area contributed by atoms with E-state index in [0.29, 0.717) is 55.6 Å². The number of hydrogen-bond donors (Lipinski definition) is 4. The van der Waals surface area contributed by atoms with Gasteiger partial charge in [-0.3, -0.25) is 19.1 Å². The molecule has 0 atom stereocenters. The van der Waals surface area contributed by atoms with Gasteiger partial charge in [-0.15, -0.1) is 0 Å². The zero-order valence-corrected chi connectivity index (χ0v) is 24.4. The second-order valence-corrected chi connectivity index (χ2v) is 11.1. The Bertz CT molecular complexity index is 2110. The summed E-state index contributed by atoms with van der Waals surface area (Å²) in [6.07, 6.45) is -1.90. The summed E-state index contributed by atoms with van der Waals surface area (Å²) in [7, 11) is 0. The van der Waals surface area contributed by atoms with Crippen LogP contribution in [0.25, 0.3) is 39.5 Å². The molecule has 0 aliphatic carbocycles. The van der Waals surface area contributed by atoms with Crippen molar-refractivity contribution in [3.63, 3.8) is 0 Å². The molecule has 13 heteroatoms. The Morgan fingerprint density at radius 2 is 1.57 bits per heavy atom. The third-order valence-corrected chi connectivity index (χ3v) is 8.02. The van der Waals surface area contributed by atoms with E-state index in [0.717, 1.165) is 28.0 Å². The number of ether oxygens (including phenoxy) is 1. The summed E-state index contributed by atoms with van der Waals surface area (Å²) in [6, 6.07) is 25.7. The summed E-state index contributed by atoms with van der Waals surface area (Å²) < 4.78 is 6.47. The van der Waals surface area contributed by atoms with Gasteiger partial charge in [0.25, 0.3) is 10.9 Å². The van der Waals surface area contributed by atoms with Crippen LogP contribution in [0, 0.1) is 0 Å². The molecule has 7 rings (SSSR count). The van der Waals surface area contributed by atoms with Gasteiger partial charge in [-0.05, 0) is 42.0 Å². The molecule has 0 bridgehead atoms. The van der Waals surface area contributed by atoms with Gasteiger partial charge in [-0.2, -0.15) is 0 Å². The molecule has 0 spiro atoms. The first kappa shape index (κ1) is 29.3. The minimum Gasteiger partial charge on any atom is -0.410 e. The smallest absolute Gasteiger partial charge is 0.410 e. The van der Waals surface area contributed by atoms with E-state index < -0.39 is 22.8 Å². The first-order chi connectivity index (χ1) is 22.2. The SMILES string of the molecule is Nc1ncccc1-c1nc2ccc(-c3ccccc3)nc2n1-c1ccc(CN2CCN(c3c(OC(O)(O)O)c(=O)c3=O)CC2)cc1. The van der Waals surface area contributed by atoms with E-state index in [1.54, 1.807) is 11.1 Å². The molecular weight excluding hydrogens is 590 g/mol. The second-order valence-electron chi connectivity index (χ2n) is 11.1. The quantitative estimate of drug-likeness (QED) is 0.143. The zero-order valence-electron chi connectivity index (χ0n) is 24.4. The molecule has 46 heavy (non-hydrogen) atoms. The average molecular weight is 620 g/mol. The number of fused-ring (bicyclic) bond motifs is 1. The van der Waals surface area contributed by atoms with Crippen molar-refractivity contribution in [1.29, 1.82) is 0 Å². The van der Waals surface area contributed by atoms with E-state index in [9.17, 15) is 9.59 Å². The highest BCUT2D eigenvalue weighted by Crippen LogP contribution is 2.32. The maximum Gasteiger partial charge on any atom is 0.453 e. The van der Waals surface area contributed by atoms with Crippen LogP contribution in [0.5, 0.6) is 5.75 Å². The van der Waals surface area contributed by atoms with Crippen molar-refractivity contribution in [3.05, 3.63) is 111 Å². The molecule has 5 N–H and O–H groups in total. The Labute approximate surface area is 261 Å². The number of pyridine rings is 2. The second kappa shape index (κ2) is 11.5. The maximum absolute atomic E-state index is 12.2. The Morgan fingerprint density at radius 3 is 2.26 bits per heavy atom.